The van der Waals surface area contributed by atoms with Crippen LogP contribution in [0.15, 0.2) is 48.5 Å². The summed E-state index contributed by atoms with van der Waals surface area (Å²) < 4.78 is 9.67. The summed E-state index contributed by atoms with van der Waals surface area (Å²) in [5, 5.41) is 1.20. The van der Waals surface area contributed by atoms with Crippen molar-refractivity contribution in [3.05, 3.63) is 53.2 Å². The molecule has 0 spiro atoms. The molecule has 0 atom stereocenters. The Kier molecular flexibility index (Phi) is 3.08. The molecule has 0 saturated heterocycles. The van der Waals surface area contributed by atoms with Gasteiger partial charge in [0, 0.05) is 0 Å². The Morgan fingerprint density at radius 3 is 2.44 bits per heavy atom. The normalized spacial score (nSPS) is 10.7. The van der Waals surface area contributed by atoms with E-state index in [4.69, 9.17) is 17.0 Å². The minimum absolute atomic E-state index is 0.238. The summed E-state index contributed by atoms with van der Waals surface area (Å²) in [5.74, 6) is 0.869. The molecule has 4 heteroatoms. The van der Waals surface area contributed by atoms with Gasteiger partial charge in [0.05, 0.1) is 0 Å². The molecule has 0 unspecified atom stereocenters. The van der Waals surface area contributed by atoms with Crippen LogP contribution in [-0.2, 0) is 0 Å². The standard InChI is InChI=1S/C14H11NOSSe/c1-16-11-8-6-10(7-9-11)15-14(17)12-4-2-3-5-13(12)18-15/h2-9H,1H3. The molecule has 0 N–H and O–H groups in total. The fraction of sp³-hybridized carbons (Fsp3) is 0.0714. The molecule has 0 radical (unpaired) electrons. The maximum atomic E-state index is 5.55. The van der Waals surface area contributed by atoms with E-state index in [1.54, 1.807) is 7.11 Å². The Bertz CT molecular complexity index is 742. The Labute approximate surface area is 116 Å². The van der Waals surface area contributed by atoms with Gasteiger partial charge < -0.3 is 0 Å². The van der Waals surface area contributed by atoms with E-state index in [9.17, 15) is 0 Å². The molecule has 0 aliphatic rings. The third-order valence-electron chi connectivity index (χ3n) is 2.80. The first-order valence-electron chi connectivity index (χ1n) is 5.55. The second kappa shape index (κ2) is 4.73. The maximum absolute atomic E-state index is 5.55. The van der Waals surface area contributed by atoms with Crippen LogP contribution in [0.1, 0.15) is 0 Å². The average Bonchev–Trinajstić information content (AvgIpc) is 2.77. The van der Waals surface area contributed by atoms with Crippen LogP contribution in [-0.4, -0.2) is 25.4 Å². The fourth-order valence-electron chi connectivity index (χ4n) is 1.86. The van der Waals surface area contributed by atoms with Crippen molar-refractivity contribution in [2.45, 2.75) is 0 Å². The SMILES string of the molecule is COc1ccc(-n2[se]c3ccccc3c2=S)cc1. The molecule has 0 fully saturated rings. The topological polar surface area (TPSA) is 14.2 Å². The molecule has 0 aliphatic carbocycles. The summed E-state index contributed by atoms with van der Waals surface area (Å²) in [6.45, 7) is 0. The zero-order valence-electron chi connectivity index (χ0n) is 9.79. The van der Waals surface area contributed by atoms with E-state index in [0.717, 1.165) is 16.1 Å². The first kappa shape index (κ1) is 11.7. The molecule has 90 valence electrons. The molecular weight excluding hydrogens is 309 g/mol. The summed E-state index contributed by atoms with van der Waals surface area (Å²) >= 11 is 5.79. The molecule has 2 nitrogen and oxygen atoms in total. The van der Waals surface area contributed by atoms with Crippen molar-refractivity contribution in [1.82, 2.24) is 3.56 Å². The van der Waals surface area contributed by atoms with Crippen LogP contribution < -0.4 is 4.74 Å². The second-order valence-electron chi connectivity index (χ2n) is 3.89. The number of rotatable bonds is 2. The number of ether oxygens (including phenoxy) is 1. The predicted octanol–water partition coefficient (Wildman–Crippen LogP) is 3.43. The van der Waals surface area contributed by atoms with E-state index < -0.39 is 0 Å². The Hall–Kier alpha value is -1.35. The monoisotopic (exact) mass is 321 g/mol. The van der Waals surface area contributed by atoms with E-state index in [2.05, 4.69) is 33.9 Å². The van der Waals surface area contributed by atoms with Crippen LogP contribution in [0.25, 0.3) is 15.3 Å². The molecule has 3 aromatic rings. The van der Waals surface area contributed by atoms with Crippen molar-refractivity contribution in [2.75, 3.05) is 7.11 Å². The summed E-state index contributed by atoms with van der Waals surface area (Å²) in [6.07, 6.45) is 0. The van der Waals surface area contributed by atoms with Crippen molar-refractivity contribution in [2.24, 2.45) is 0 Å². The summed E-state index contributed by atoms with van der Waals surface area (Å²) in [6, 6.07) is 16.4. The molecule has 0 aliphatic heterocycles. The van der Waals surface area contributed by atoms with Crippen molar-refractivity contribution >= 4 is 36.6 Å². The van der Waals surface area contributed by atoms with Gasteiger partial charge in [-0.05, 0) is 0 Å². The first-order chi connectivity index (χ1) is 8.79. The van der Waals surface area contributed by atoms with Gasteiger partial charge in [0.15, 0.2) is 0 Å². The quantitative estimate of drug-likeness (QED) is 0.530. The van der Waals surface area contributed by atoms with Crippen LogP contribution in [0.2, 0.25) is 0 Å². The summed E-state index contributed by atoms with van der Waals surface area (Å²) in [4.78, 5) is 0. The zero-order chi connectivity index (χ0) is 12.5. The average molecular weight is 320 g/mol. The van der Waals surface area contributed by atoms with Gasteiger partial charge in [0.2, 0.25) is 0 Å². The van der Waals surface area contributed by atoms with E-state index in [-0.39, 0.29) is 14.7 Å². The first-order valence-corrected chi connectivity index (χ1v) is 7.58. The Morgan fingerprint density at radius 1 is 1.06 bits per heavy atom. The Morgan fingerprint density at radius 2 is 1.78 bits per heavy atom. The van der Waals surface area contributed by atoms with Crippen LogP contribution in [0, 0.1) is 4.64 Å². The van der Waals surface area contributed by atoms with Gasteiger partial charge in [-0.3, -0.25) is 0 Å². The number of methoxy groups -OCH3 is 1. The fourth-order valence-corrected chi connectivity index (χ4v) is 4.60. The predicted molar refractivity (Wildman–Crippen MR) is 77.6 cm³/mol. The molecular formula is C14H11NOSSe. The van der Waals surface area contributed by atoms with Crippen molar-refractivity contribution in [3.8, 4) is 11.4 Å². The van der Waals surface area contributed by atoms with E-state index in [1.165, 1.54) is 9.65 Å². The number of nitrogens with zero attached hydrogens (tertiary/aromatic N) is 1. The van der Waals surface area contributed by atoms with Gasteiger partial charge >= 0.3 is 117 Å². The third kappa shape index (κ3) is 1.93. The Balaban J connectivity index is 2.18. The van der Waals surface area contributed by atoms with Gasteiger partial charge in [-0.1, -0.05) is 0 Å². The van der Waals surface area contributed by atoms with E-state index in [1.807, 2.05) is 18.2 Å². The molecule has 0 amide bonds. The molecule has 0 saturated carbocycles. The van der Waals surface area contributed by atoms with Crippen molar-refractivity contribution in [1.29, 1.82) is 0 Å². The number of hydrogen-bond acceptors (Lipinski definition) is 2. The number of aromatic nitrogens is 1. The van der Waals surface area contributed by atoms with Gasteiger partial charge in [-0.15, -0.1) is 0 Å². The molecule has 18 heavy (non-hydrogen) atoms. The second-order valence-corrected chi connectivity index (χ2v) is 6.34. The number of benzene rings is 2. The summed E-state index contributed by atoms with van der Waals surface area (Å²) in [7, 11) is 1.68. The van der Waals surface area contributed by atoms with Gasteiger partial charge in [0.25, 0.3) is 0 Å². The van der Waals surface area contributed by atoms with Crippen LogP contribution in [0.3, 0.4) is 0 Å². The van der Waals surface area contributed by atoms with Gasteiger partial charge in [-0.2, -0.15) is 0 Å². The molecule has 1 aromatic heterocycles. The van der Waals surface area contributed by atoms with Crippen LogP contribution >= 0.6 is 12.2 Å². The molecule has 1 heterocycles. The minimum atomic E-state index is 0.238. The zero-order valence-corrected chi connectivity index (χ0v) is 12.3. The van der Waals surface area contributed by atoms with Crippen LogP contribution in [0.4, 0.5) is 0 Å². The van der Waals surface area contributed by atoms with E-state index >= 15 is 0 Å². The van der Waals surface area contributed by atoms with Crippen molar-refractivity contribution < 1.29 is 4.74 Å². The van der Waals surface area contributed by atoms with Gasteiger partial charge in [0.1, 0.15) is 0 Å². The van der Waals surface area contributed by atoms with Crippen molar-refractivity contribution in [3.63, 3.8) is 0 Å². The number of hydrogen-bond donors (Lipinski definition) is 0. The molecule has 0 bridgehead atoms. The van der Waals surface area contributed by atoms with Crippen LogP contribution in [0.5, 0.6) is 5.75 Å². The van der Waals surface area contributed by atoms with Gasteiger partial charge in [-0.25, -0.2) is 0 Å². The summed E-state index contributed by atoms with van der Waals surface area (Å²) in [5.41, 5.74) is 1.14. The third-order valence-corrected chi connectivity index (χ3v) is 5.83. The van der Waals surface area contributed by atoms with E-state index in [0.29, 0.717) is 0 Å². The molecule has 2 aromatic carbocycles. The molecule has 3 rings (SSSR count). The number of fused-ring (bicyclic) bond motifs is 1.